The number of nitrogens with one attached hydrogen (secondary N) is 2. The number of hydrogen-bond donors (Lipinski definition) is 2. The lowest BCUT2D eigenvalue weighted by Crippen LogP contribution is -2.45. The van der Waals surface area contributed by atoms with E-state index in [2.05, 4.69) is 15.7 Å². The summed E-state index contributed by atoms with van der Waals surface area (Å²) in [6, 6.07) is 19.1. The van der Waals surface area contributed by atoms with E-state index < -0.39 is 24.5 Å². The predicted molar refractivity (Wildman–Crippen MR) is 128 cm³/mol. The molecule has 0 spiro atoms. The fourth-order valence-electron chi connectivity index (χ4n) is 3.55. The smallest absolute Gasteiger partial charge is 0.329 e. The van der Waals surface area contributed by atoms with Crippen molar-refractivity contribution in [1.82, 2.24) is 15.1 Å². The second-order valence-corrected chi connectivity index (χ2v) is 8.69. The van der Waals surface area contributed by atoms with Gasteiger partial charge in [0, 0.05) is 17.5 Å². The Balaban J connectivity index is 1.38. The summed E-state index contributed by atoms with van der Waals surface area (Å²) < 4.78 is 6.94. The molecule has 0 radical (unpaired) electrons. The van der Waals surface area contributed by atoms with E-state index in [9.17, 15) is 14.4 Å². The molecule has 0 saturated heterocycles. The summed E-state index contributed by atoms with van der Waals surface area (Å²) >= 11 is 0. The molecule has 2 amide bonds. The largest absolute Gasteiger partial charge is 0.454 e. The first-order valence-electron chi connectivity index (χ1n) is 11.4. The molecule has 8 heteroatoms. The molecule has 2 N–H and O–H groups in total. The summed E-state index contributed by atoms with van der Waals surface area (Å²) in [7, 11) is 0. The Hall–Kier alpha value is -3.94. The summed E-state index contributed by atoms with van der Waals surface area (Å²) in [5.41, 5.74) is 2.20. The van der Waals surface area contributed by atoms with Crippen molar-refractivity contribution in [3.63, 3.8) is 0 Å². The van der Waals surface area contributed by atoms with E-state index in [-0.39, 0.29) is 11.8 Å². The zero-order chi connectivity index (χ0) is 24.1. The highest BCUT2D eigenvalue weighted by molar-refractivity contribution is 5.97. The summed E-state index contributed by atoms with van der Waals surface area (Å²) in [5, 5.41) is 10.1. The summed E-state index contributed by atoms with van der Waals surface area (Å²) in [6.07, 6.45) is 2.17. The molecule has 0 bridgehead atoms. The third-order valence-corrected chi connectivity index (χ3v) is 5.58. The number of rotatable bonds is 9. The second kappa shape index (κ2) is 10.3. The van der Waals surface area contributed by atoms with E-state index in [1.807, 2.05) is 36.4 Å². The molecule has 2 aromatic carbocycles. The Kier molecular flexibility index (Phi) is 7.06. The number of nitrogens with zero attached hydrogens (tertiary/aromatic N) is 2. The number of para-hydroxylation sites is 1. The lowest BCUT2D eigenvalue weighted by atomic mass is 10.0. The number of ether oxygens (including phenoxy) is 1. The maximum absolute atomic E-state index is 12.7. The molecule has 1 atom stereocenters. The van der Waals surface area contributed by atoms with Crippen molar-refractivity contribution in [2.45, 2.75) is 38.6 Å². The van der Waals surface area contributed by atoms with Gasteiger partial charge >= 0.3 is 5.97 Å². The Morgan fingerprint density at radius 1 is 1.03 bits per heavy atom. The van der Waals surface area contributed by atoms with Crippen LogP contribution in [-0.2, 0) is 14.3 Å². The second-order valence-electron chi connectivity index (χ2n) is 8.69. The molecular weight excluding hydrogens is 432 g/mol. The van der Waals surface area contributed by atoms with Crippen molar-refractivity contribution >= 4 is 23.6 Å². The average molecular weight is 461 g/mol. The van der Waals surface area contributed by atoms with Gasteiger partial charge in [-0.15, -0.1) is 0 Å². The summed E-state index contributed by atoms with van der Waals surface area (Å²) in [5.74, 6) is -0.802. The first kappa shape index (κ1) is 23.2. The Labute approximate surface area is 198 Å². The number of hydrogen-bond acceptors (Lipinski definition) is 5. The fourth-order valence-corrected chi connectivity index (χ4v) is 3.55. The fraction of sp³-hybridized carbons (Fsp3) is 0.308. The van der Waals surface area contributed by atoms with Crippen LogP contribution in [0.25, 0.3) is 5.69 Å². The lowest BCUT2D eigenvalue weighted by Gasteiger charge is -2.20. The maximum Gasteiger partial charge on any atom is 0.329 e. The van der Waals surface area contributed by atoms with Gasteiger partial charge < -0.3 is 15.4 Å². The van der Waals surface area contributed by atoms with E-state index >= 15 is 0 Å². The minimum absolute atomic E-state index is 0.219. The normalized spacial score (nSPS) is 13.9. The first-order valence-corrected chi connectivity index (χ1v) is 11.4. The van der Waals surface area contributed by atoms with Gasteiger partial charge in [-0.2, -0.15) is 5.10 Å². The topological polar surface area (TPSA) is 102 Å². The highest BCUT2D eigenvalue weighted by atomic mass is 16.5. The Morgan fingerprint density at radius 3 is 2.29 bits per heavy atom. The first-order chi connectivity index (χ1) is 16.4. The molecule has 3 aromatic rings. The molecular formula is C26H28N4O4. The van der Waals surface area contributed by atoms with E-state index in [4.69, 9.17) is 4.74 Å². The monoisotopic (exact) mass is 460 g/mol. The zero-order valence-electron chi connectivity index (χ0n) is 19.2. The number of anilines is 1. The third kappa shape index (κ3) is 5.70. The molecule has 1 fully saturated rings. The van der Waals surface area contributed by atoms with Gasteiger partial charge in [0.05, 0.1) is 11.4 Å². The maximum atomic E-state index is 12.7. The van der Waals surface area contributed by atoms with Gasteiger partial charge in [0.1, 0.15) is 11.9 Å². The zero-order valence-corrected chi connectivity index (χ0v) is 19.2. The number of aromatic nitrogens is 2. The molecule has 0 unspecified atom stereocenters. The number of carbonyl (C=O) groups excluding carboxylic acids is 3. The van der Waals surface area contributed by atoms with Crippen LogP contribution >= 0.6 is 0 Å². The average Bonchev–Trinajstić information content (AvgIpc) is 3.62. The van der Waals surface area contributed by atoms with Crippen LogP contribution in [0.3, 0.4) is 0 Å². The van der Waals surface area contributed by atoms with Crippen LogP contribution in [0, 0.1) is 5.92 Å². The molecule has 0 aliphatic heterocycles. The number of amides is 2. The molecule has 1 aliphatic rings. The van der Waals surface area contributed by atoms with Crippen molar-refractivity contribution in [1.29, 1.82) is 0 Å². The van der Waals surface area contributed by atoms with Crippen LogP contribution in [-0.4, -0.2) is 40.2 Å². The minimum atomic E-state index is -0.878. The third-order valence-electron chi connectivity index (χ3n) is 5.58. The molecule has 1 saturated carbocycles. The van der Waals surface area contributed by atoms with Crippen LogP contribution < -0.4 is 10.6 Å². The van der Waals surface area contributed by atoms with Crippen LogP contribution in [0.4, 0.5) is 5.82 Å². The van der Waals surface area contributed by atoms with Crippen molar-refractivity contribution in [3.8, 4) is 5.69 Å². The highest BCUT2D eigenvalue weighted by Crippen LogP contribution is 2.40. The van der Waals surface area contributed by atoms with Gasteiger partial charge in [0.2, 0.25) is 0 Å². The molecule has 1 aromatic heterocycles. The van der Waals surface area contributed by atoms with Gasteiger partial charge in [0.25, 0.3) is 11.8 Å². The quantitative estimate of drug-likeness (QED) is 0.474. The van der Waals surface area contributed by atoms with E-state index in [1.54, 1.807) is 48.9 Å². The van der Waals surface area contributed by atoms with Gasteiger partial charge in [0.15, 0.2) is 6.61 Å². The summed E-state index contributed by atoms with van der Waals surface area (Å²) in [6.45, 7) is 3.13. The number of carbonyl (C=O) groups is 3. The number of esters is 1. The standard InChI is InChI=1S/C26H28N4O4/c1-17(2)24(28-25(32)19-9-5-3-6-10-19)26(33)34-16-23(31)27-22-15-21(18-13-14-18)29-30(22)20-11-7-4-8-12-20/h3-12,15,17-18,24H,13-14,16H2,1-2H3,(H,27,31)(H,28,32)/t24-/m0/s1. The van der Waals surface area contributed by atoms with Gasteiger partial charge in [-0.25, -0.2) is 9.48 Å². The van der Waals surface area contributed by atoms with E-state index in [0.717, 1.165) is 24.2 Å². The van der Waals surface area contributed by atoms with Gasteiger partial charge in [-0.1, -0.05) is 50.2 Å². The Morgan fingerprint density at radius 2 is 1.68 bits per heavy atom. The van der Waals surface area contributed by atoms with Gasteiger partial charge in [-0.05, 0) is 43.0 Å². The van der Waals surface area contributed by atoms with Crippen molar-refractivity contribution in [3.05, 3.63) is 78.0 Å². The van der Waals surface area contributed by atoms with Crippen molar-refractivity contribution in [2.24, 2.45) is 5.92 Å². The minimum Gasteiger partial charge on any atom is -0.454 e. The SMILES string of the molecule is CC(C)[C@H](NC(=O)c1ccccc1)C(=O)OCC(=O)Nc1cc(C2CC2)nn1-c1ccccc1. The van der Waals surface area contributed by atoms with E-state index in [0.29, 0.717) is 17.3 Å². The molecule has 176 valence electrons. The molecule has 8 nitrogen and oxygen atoms in total. The summed E-state index contributed by atoms with van der Waals surface area (Å²) in [4.78, 5) is 37.7. The van der Waals surface area contributed by atoms with Crippen molar-refractivity contribution in [2.75, 3.05) is 11.9 Å². The number of benzene rings is 2. The highest BCUT2D eigenvalue weighted by Gasteiger charge is 2.29. The van der Waals surface area contributed by atoms with Crippen LogP contribution in [0.1, 0.15) is 48.7 Å². The van der Waals surface area contributed by atoms with Gasteiger partial charge in [-0.3, -0.25) is 9.59 Å². The van der Waals surface area contributed by atoms with E-state index in [1.165, 1.54) is 0 Å². The lowest BCUT2D eigenvalue weighted by molar-refractivity contribution is -0.150. The molecule has 1 heterocycles. The molecule has 1 aliphatic carbocycles. The van der Waals surface area contributed by atoms with Crippen molar-refractivity contribution < 1.29 is 19.1 Å². The molecule has 34 heavy (non-hydrogen) atoms. The van der Waals surface area contributed by atoms with Crippen LogP contribution in [0.5, 0.6) is 0 Å². The van der Waals surface area contributed by atoms with Crippen LogP contribution in [0.15, 0.2) is 66.7 Å². The van der Waals surface area contributed by atoms with Crippen LogP contribution in [0.2, 0.25) is 0 Å². The Bertz CT molecular complexity index is 1150. The predicted octanol–water partition coefficient (Wildman–Crippen LogP) is 3.69. The molecule has 4 rings (SSSR count).